The minimum Gasteiger partial charge on any atom is -0.351 e. The first-order valence-electron chi connectivity index (χ1n) is 8.00. The first-order chi connectivity index (χ1) is 10.3. The maximum absolute atomic E-state index is 12.5. The SMILES string of the molecule is CCSC1CCCC1NC(=O)[C@H]1Cc2ccccc2CN1. The van der Waals surface area contributed by atoms with Gasteiger partial charge in [0.1, 0.15) is 0 Å². The van der Waals surface area contributed by atoms with Crippen LogP contribution >= 0.6 is 11.8 Å². The lowest BCUT2D eigenvalue weighted by Gasteiger charge is -2.28. The van der Waals surface area contributed by atoms with Crippen molar-refractivity contribution in [3.05, 3.63) is 35.4 Å². The van der Waals surface area contributed by atoms with Crippen LogP contribution in [0.1, 0.15) is 37.3 Å². The zero-order chi connectivity index (χ0) is 14.7. The normalized spacial score (nSPS) is 28.1. The lowest BCUT2D eigenvalue weighted by molar-refractivity contribution is -0.124. The van der Waals surface area contributed by atoms with Gasteiger partial charge in [0.05, 0.1) is 6.04 Å². The van der Waals surface area contributed by atoms with Gasteiger partial charge in [0.15, 0.2) is 0 Å². The summed E-state index contributed by atoms with van der Waals surface area (Å²) in [4.78, 5) is 12.5. The summed E-state index contributed by atoms with van der Waals surface area (Å²) in [5.41, 5.74) is 2.63. The van der Waals surface area contributed by atoms with Crippen molar-refractivity contribution >= 4 is 17.7 Å². The number of benzene rings is 1. The van der Waals surface area contributed by atoms with Gasteiger partial charge >= 0.3 is 0 Å². The van der Waals surface area contributed by atoms with E-state index in [0.29, 0.717) is 11.3 Å². The third kappa shape index (κ3) is 3.43. The van der Waals surface area contributed by atoms with Crippen molar-refractivity contribution in [2.24, 2.45) is 0 Å². The molecule has 1 amide bonds. The number of amides is 1. The summed E-state index contributed by atoms with van der Waals surface area (Å²) in [6.45, 7) is 2.99. The molecule has 0 bridgehead atoms. The summed E-state index contributed by atoms with van der Waals surface area (Å²) in [5.74, 6) is 1.31. The monoisotopic (exact) mass is 304 g/mol. The molecule has 4 heteroatoms. The van der Waals surface area contributed by atoms with Crippen molar-refractivity contribution in [1.29, 1.82) is 0 Å². The number of nitrogens with one attached hydrogen (secondary N) is 2. The van der Waals surface area contributed by atoms with Gasteiger partial charge < -0.3 is 10.6 Å². The van der Waals surface area contributed by atoms with Crippen LogP contribution in [0.25, 0.3) is 0 Å². The third-order valence-electron chi connectivity index (χ3n) is 4.56. The average molecular weight is 304 g/mol. The fourth-order valence-corrected chi connectivity index (χ4v) is 4.63. The van der Waals surface area contributed by atoms with E-state index in [0.717, 1.165) is 25.1 Å². The fraction of sp³-hybridized carbons (Fsp3) is 0.588. The Kier molecular flexibility index (Phi) is 4.86. The van der Waals surface area contributed by atoms with Gasteiger partial charge in [-0.3, -0.25) is 4.79 Å². The summed E-state index contributed by atoms with van der Waals surface area (Å²) in [6, 6.07) is 8.69. The number of fused-ring (bicyclic) bond motifs is 1. The largest absolute Gasteiger partial charge is 0.351 e. The molecule has 2 aliphatic rings. The molecule has 114 valence electrons. The Labute approximate surface area is 131 Å². The Hall–Kier alpha value is -1.00. The lowest BCUT2D eigenvalue weighted by Crippen LogP contribution is -2.51. The van der Waals surface area contributed by atoms with E-state index in [4.69, 9.17) is 0 Å². The van der Waals surface area contributed by atoms with Crippen LogP contribution in [0.3, 0.4) is 0 Å². The molecule has 1 aromatic carbocycles. The molecule has 1 heterocycles. The van der Waals surface area contributed by atoms with Crippen molar-refractivity contribution in [2.75, 3.05) is 5.75 Å². The minimum absolute atomic E-state index is 0.0761. The smallest absolute Gasteiger partial charge is 0.237 e. The van der Waals surface area contributed by atoms with Crippen LogP contribution < -0.4 is 10.6 Å². The summed E-state index contributed by atoms with van der Waals surface area (Å²) in [7, 11) is 0. The van der Waals surface area contributed by atoms with Gasteiger partial charge in [0.25, 0.3) is 0 Å². The zero-order valence-corrected chi connectivity index (χ0v) is 13.4. The van der Waals surface area contributed by atoms with E-state index in [2.05, 4.69) is 41.8 Å². The standard InChI is InChI=1S/C17H24N2OS/c1-2-21-16-9-5-8-14(16)19-17(20)15-10-12-6-3-4-7-13(12)11-18-15/h3-4,6-7,14-16,18H,2,5,8-11H2,1H3,(H,19,20)/t14?,15-,16?/m1/s1. The quantitative estimate of drug-likeness (QED) is 0.898. The molecule has 1 aliphatic carbocycles. The van der Waals surface area contributed by atoms with Crippen molar-refractivity contribution in [3.63, 3.8) is 0 Å². The Morgan fingerprint density at radius 1 is 1.33 bits per heavy atom. The topological polar surface area (TPSA) is 41.1 Å². The fourth-order valence-electron chi connectivity index (χ4n) is 3.43. The van der Waals surface area contributed by atoms with Crippen LogP contribution in [0, 0.1) is 0 Å². The molecular weight excluding hydrogens is 280 g/mol. The number of carbonyl (C=O) groups excluding carboxylic acids is 1. The van der Waals surface area contributed by atoms with Crippen molar-refractivity contribution < 1.29 is 4.79 Å². The molecular formula is C17H24N2OS. The molecule has 2 N–H and O–H groups in total. The Morgan fingerprint density at radius 3 is 2.95 bits per heavy atom. The number of hydrogen-bond donors (Lipinski definition) is 2. The second kappa shape index (κ2) is 6.84. The highest BCUT2D eigenvalue weighted by Crippen LogP contribution is 2.30. The summed E-state index contributed by atoms with van der Waals surface area (Å²) in [6.07, 6.45) is 4.42. The second-order valence-corrected chi connectivity index (χ2v) is 7.46. The molecule has 0 saturated heterocycles. The van der Waals surface area contributed by atoms with Gasteiger partial charge in [0.2, 0.25) is 5.91 Å². The lowest BCUT2D eigenvalue weighted by atomic mass is 9.95. The number of thioether (sulfide) groups is 1. The Bertz CT molecular complexity index is 505. The molecule has 21 heavy (non-hydrogen) atoms. The zero-order valence-electron chi connectivity index (χ0n) is 12.6. The van der Waals surface area contributed by atoms with Crippen LogP contribution in [0.4, 0.5) is 0 Å². The van der Waals surface area contributed by atoms with E-state index in [9.17, 15) is 4.79 Å². The first-order valence-corrected chi connectivity index (χ1v) is 9.05. The molecule has 3 nitrogen and oxygen atoms in total. The van der Waals surface area contributed by atoms with Gasteiger partial charge in [-0.15, -0.1) is 0 Å². The predicted octanol–water partition coefficient (Wildman–Crippen LogP) is 2.49. The van der Waals surface area contributed by atoms with Crippen LogP contribution in [-0.2, 0) is 17.8 Å². The number of rotatable bonds is 4. The summed E-state index contributed by atoms with van der Waals surface area (Å²) in [5, 5.41) is 7.28. The summed E-state index contributed by atoms with van der Waals surface area (Å²) < 4.78 is 0. The minimum atomic E-state index is -0.0761. The van der Waals surface area contributed by atoms with E-state index in [-0.39, 0.29) is 11.9 Å². The molecule has 0 aromatic heterocycles. The van der Waals surface area contributed by atoms with Crippen LogP contribution in [0.2, 0.25) is 0 Å². The first kappa shape index (κ1) is 14.9. The molecule has 1 aromatic rings. The molecule has 0 spiro atoms. The van der Waals surface area contributed by atoms with Crippen molar-refractivity contribution in [2.45, 2.75) is 56.5 Å². The van der Waals surface area contributed by atoms with E-state index in [1.165, 1.54) is 24.0 Å². The van der Waals surface area contributed by atoms with Crippen LogP contribution in [0.15, 0.2) is 24.3 Å². The molecule has 2 unspecified atom stereocenters. The Balaban J connectivity index is 1.59. The van der Waals surface area contributed by atoms with Crippen LogP contribution in [-0.4, -0.2) is 29.0 Å². The van der Waals surface area contributed by atoms with E-state index in [1.54, 1.807) is 0 Å². The molecule has 3 atom stereocenters. The highest BCUT2D eigenvalue weighted by atomic mass is 32.2. The maximum Gasteiger partial charge on any atom is 0.237 e. The highest BCUT2D eigenvalue weighted by Gasteiger charge is 2.31. The molecule has 1 aliphatic heterocycles. The highest BCUT2D eigenvalue weighted by molar-refractivity contribution is 7.99. The average Bonchev–Trinajstić information content (AvgIpc) is 2.94. The third-order valence-corrected chi connectivity index (χ3v) is 5.88. The van der Waals surface area contributed by atoms with Gasteiger partial charge in [0, 0.05) is 17.8 Å². The van der Waals surface area contributed by atoms with Gasteiger partial charge in [-0.2, -0.15) is 11.8 Å². The second-order valence-electron chi connectivity index (χ2n) is 5.95. The molecule has 1 fully saturated rings. The van der Waals surface area contributed by atoms with Crippen molar-refractivity contribution in [3.8, 4) is 0 Å². The van der Waals surface area contributed by atoms with Crippen molar-refractivity contribution in [1.82, 2.24) is 10.6 Å². The Morgan fingerprint density at radius 2 is 2.14 bits per heavy atom. The van der Waals surface area contributed by atoms with Gasteiger partial charge in [-0.1, -0.05) is 37.6 Å². The molecule has 3 rings (SSSR count). The number of hydrogen-bond acceptors (Lipinski definition) is 3. The number of carbonyl (C=O) groups is 1. The van der Waals surface area contributed by atoms with E-state index >= 15 is 0 Å². The maximum atomic E-state index is 12.5. The van der Waals surface area contributed by atoms with Gasteiger partial charge in [-0.05, 0) is 36.1 Å². The predicted molar refractivity (Wildman–Crippen MR) is 88.5 cm³/mol. The van der Waals surface area contributed by atoms with E-state index in [1.807, 2.05) is 11.8 Å². The summed E-state index contributed by atoms with van der Waals surface area (Å²) >= 11 is 1.99. The van der Waals surface area contributed by atoms with Crippen LogP contribution in [0.5, 0.6) is 0 Å². The van der Waals surface area contributed by atoms with Gasteiger partial charge in [-0.25, -0.2) is 0 Å². The molecule has 0 radical (unpaired) electrons. The van der Waals surface area contributed by atoms with E-state index < -0.39 is 0 Å². The molecule has 1 saturated carbocycles.